The van der Waals surface area contributed by atoms with E-state index in [-0.39, 0.29) is 17.5 Å². The summed E-state index contributed by atoms with van der Waals surface area (Å²) in [4.78, 5) is 16.6. The third kappa shape index (κ3) is 4.51. The van der Waals surface area contributed by atoms with Crippen molar-refractivity contribution in [3.05, 3.63) is 58.0 Å². The Morgan fingerprint density at radius 2 is 2.08 bits per heavy atom. The van der Waals surface area contributed by atoms with Crippen molar-refractivity contribution in [2.45, 2.75) is 26.8 Å². The molecule has 0 saturated carbocycles. The van der Waals surface area contributed by atoms with Gasteiger partial charge in [-0.1, -0.05) is 19.0 Å². The molecule has 130 valence electrons. The van der Waals surface area contributed by atoms with Crippen molar-refractivity contribution >= 4 is 17.2 Å². The molecule has 0 saturated heterocycles. The summed E-state index contributed by atoms with van der Waals surface area (Å²) in [6, 6.07) is 7.82. The summed E-state index contributed by atoms with van der Waals surface area (Å²) in [6.45, 7) is 4.45. The van der Waals surface area contributed by atoms with E-state index >= 15 is 0 Å². The smallest absolute Gasteiger partial charge is 0.290 e. The van der Waals surface area contributed by atoms with Gasteiger partial charge in [0.1, 0.15) is 10.8 Å². The molecule has 5 nitrogen and oxygen atoms in total. The minimum absolute atomic E-state index is 0.200. The number of carbonyl (C=O) groups is 1. The number of nitrogens with zero attached hydrogens (tertiary/aromatic N) is 2. The van der Waals surface area contributed by atoms with E-state index in [1.54, 1.807) is 18.2 Å². The highest BCUT2D eigenvalue weighted by molar-refractivity contribution is 7.09. The lowest BCUT2D eigenvalue weighted by Gasteiger charge is -1.99. The second kappa shape index (κ2) is 7.57. The fourth-order valence-electron chi connectivity index (χ4n) is 2.32. The number of hydrogen-bond donors (Lipinski definition) is 1. The zero-order chi connectivity index (χ0) is 17.8. The summed E-state index contributed by atoms with van der Waals surface area (Å²) in [5.74, 6) is 0.0450. The number of halogens is 1. The van der Waals surface area contributed by atoms with Crippen molar-refractivity contribution in [2.24, 2.45) is 5.92 Å². The molecule has 1 amide bonds. The van der Waals surface area contributed by atoms with Crippen LogP contribution in [-0.4, -0.2) is 16.0 Å². The van der Waals surface area contributed by atoms with Crippen LogP contribution in [0.15, 0.2) is 40.2 Å². The first-order valence-corrected chi connectivity index (χ1v) is 8.83. The van der Waals surface area contributed by atoms with Gasteiger partial charge in [0, 0.05) is 17.0 Å². The van der Waals surface area contributed by atoms with E-state index in [1.165, 1.54) is 23.5 Å². The molecule has 3 rings (SSSR count). The van der Waals surface area contributed by atoms with Gasteiger partial charge in [0.2, 0.25) is 5.76 Å². The number of thiazole rings is 1. The Bertz CT molecular complexity index is 855. The van der Waals surface area contributed by atoms with Crippen LogP contribution in [0.2, 0.25) is 0 Å². The van der Waals surface area contributed by atoms with E-state index in [0.29, 0.717) is 12.5 Å². The molecule has 7 heteroatoms. The first-order chi connectivity index (χ1) is 12.0. The highest BCUT2D eigenvalue weighted by atomic mass is 32.1. The van der Waals surface area contributed by atoms with Crippen molar-refractivity contribution in [3.8, 4) is 11.3 Å². The first kappa shape index (κ1) is 17.3. The Labute approximate surface area is 148 Å². The van der Waals surface area contributed by atoms with Crippen LogP contribution in [0.4, 0.5) is 4.39 Å². The van der Waals surface area contributed by atoms with Crippen molar-refractivity contribution in [3.63, 3.8) is 0 Å². The fraction of sp³-hybridized carbons (Fsp3) is 0.278. The topological polar surface area (TPSA) is 68.0 Å². The quantitative estimate of drug-likeness (QED) is 0.720. The van der Waals surface area contributed by atoms with Gasteiger partial charge in [0.05, 0.1) is 17.9 Å². The summed E-state index contributed by atoms with van der Waals surface area (Å²) in [5, 5.41) is 9.31. The highest BCUT2D eigenvalue weighted by Gasteiger charge is 2.14. The minimum Gasteiger partial charge on any atom is -0.351 e. The predicted molar refractivity (Wildman–Crippen MR) is 93.7 cm³/mol. The van der Waals surface area contributed by atoms with Crippen LogP contribution in [0.25, 0.3) is 11.3 Å². The summed E-state index contributed by atoms with van der Waals surface area (Å²) < 4.78 is 18.1. The van der Waals surface area contributed by atoms with Gasteiger partial charge in [-0.25, -0.2) is 9.37 Å². The Hall–Kier alpha value is -2.54. The van der Waals surface area contributed by atoms with Crippen LogP contribution in [0.1, 0.15) is 35.1 Å². The molecule has 25 heavy (non-hydrogen) atoms. The molecule has 0 bridgehead atoms. The molecule has 1 aromatic carbocycles. The zero-order valence-corrected chi connectivity index (χ0v) is 14.8. The van der Waals surface area contributed by atoms with Crippen molar-refractivity contribution < 1.29 is 13.7 Å². The Morgan fingerprint density at radius 3 is 2.80 bits per heavy atom. The van der Waals surface area contributed by atoms with Crippen LogP contribution < -0.4 is 5.32 Å². The molecule has 0 aliphatic carbocycles. The van der Waals surface area contributed by atoms with Gasteiger partial charge in [-0.15, -0.1) is 11.3 Å². The molecular weight excluding hydrogens is 341 g/mol. The molecule has 0 atom stereocenters. The van der Waals surface area contributed by atoms with Crippen LogP contribution in [0.3, 0.4) is 0 Å². The average molecular weight is 359 g/mol. The second-order valence-electron chi connectivity index (χ2n) is 6.10. The Morgan fingerprint density at radius 1 is 1.32 bits per heavy atom. The maximum atomic E-state index is 13.0. The number of aromatic nitrogens is 2. The lowest BCUT2D eigenvalue weighted by atomic mass is 10.1. The van der Waals surface area contributed by atoms with E-state index in [9.17, 15) is 9.18 Å². The van der Waals surface area contributed by atoms with Gasteiger partial charge in [-0.05, 0) is 36.6 Å². The van der Waals surface area contributed by atoms with E-state index < -0.39 is 0 Å². The van der Waals surface area contributed by atoms with Gasteiger partial charge in [0.25, 0.3) is 5.91 Å². The molecule has 1 N–H and O–H groups in total. The molecule has 0 fully saturated rings. The number of carbonyl (C=O) groups excluding carboxylic acids is 1. The van der Waals surface area contributed by atoms with Crippen molar-refractivity contribution in [1.82, 2.24) is 15.5 Å². The van der Waals surface area contributed by atoms with Crippen LogP contribution in [0, 0.1) is 11.7 Å². The standard InChI is InChI=1S/C18H18FN3O2S/c1-11(2)7-14-8-16(24-22-14)18(23)20-9-17-21-15(10-25-17)12-3-5-13(19)6-4-12/h3-6,8,10-11H,7,9H2,1-2H3,(H,20,23). The van der Waals surface area contributed by atoms with Crippen LogP contribution in [0.5, 0.6) is 0 Å². The van der Waals surface area contributed by atoms with Crippen molar-refractivity contribution in [2.75, 3.05) is 0 Å². The molecule has 0 unspecified atom stereocenters. The van der Waals surface area contributed by atoms with Gasteiger partial charge in [0.15, 0.2) is 0 Å². The van der Waals surface area contributed by atoms with Crippen molar-refractivity contribution in [1.29, 1.82) is 0 Å². The molecular formula is C18H18FN3O2S. The number of amides is 1. The monoisotopic (exact) mass is 359 g/mol. The molecule has 2 heterocycles. The SMILES string of the molecule is CC(C)Cc1cc(C(=O)NCc2nc(-c3ccc(F)cc3)cs2)on1. The molecule has 0 radical (unpaired) electrons. The lowest BCUT2D eigenvalue weighted by Crippen LogP contribution is -2.22. The van der Waals surface area contributed by atoms with Gasteiger partial charge < -0.3 is 9.84 Å². The van der Waals surface area contributed by atoms with E-state index in [4.69, 9.17) is 4.52 Å². The van der Waals surface area contributed by atoms with E-state index in [1.807, 2.05) is 5.38 Å². The molecule has 0 aliphatic rings. The molecule has 2 aromatic heterocycles. The Balaban J connectivity index is 1.59. The fourth-order valence-corrected chi connectivity index (χ4v) is 3.06. The maximum absolute atomic E-state index is 13.0. The predicted octanol–water partition coefficient (Wildman–Crippen LogP) is 4.07. The second-order valence-corrected chi connectivity index (χ2v) is 7.04. The van der Waals surface area contributed by atoms with E-state index in [2.05, 4.69) is 29.3 Å². The van der Waals surface area contributed by atoms with E-state index in [0.717, 1.165) is 28.4 Å². The first-order valence-electron chi connectivity index (χ1n) is 7.95. The lowest BCUT2D eigenvalue weighted by molar-refractivity contribution is 0.0914. The highest BCUT2D eigenvalue weighted by Crippen LogP contribution is 2.22. The molecule has 0 aliphatic heterocycles. The number of rotatable bonds is 6. The van der Waals surface area contributed by atoms with Crippen LogP contribution in [-0.2, 0) is 13.0 Å². The van der Waals surface area contributed by atoms with Crippen LogP contribution >= 0.6 is 11.3 Å². The Kier molecular flexibility index (Phi) is 5.23. The third-order valence-corrected chi connectivity index (χ3v) is 4.34. The molecule has 3 aromatic rings. The van der Waals surface area contributed by atoms with Gasteiger partial charge >= 0.3 is 0 Å². The number of benzene rings is 1. The third-order valence-electron chi connectivity index (χ3n) is 3.49. The minimum atomic E-state index is -0.318. The zero-order valence-electron chi connectivity index (χ0n) is 14.0. The summed E-state index contributed by atoms with van der Waals surface area (Å²) >= 11 is 1.43. The van der Waals surface area contributed by atoms with Gasteiger partial charge in [-0.3, -0.25) is 4.79 Å². The maximum Gasteiger partial charge on any atom is 0.290 e. The number of nitrogens with one attached hydrogen (secondary N) is 1. The summed E-state index contributed by atoms with van der Waals surface area (Å²) in [7, 11) is 0. The summed E-state index contributed by atoms with van der Waals surface area (Å²) in [5.41, 5.74) is 2.37. The number of hydrogen-bond acceptors (Lipinski definition) is 5. The van der Waals surface area contributed by atoms with Gasteiger partial charge in [-0.2, -0.15) is 0 Å². The normalized spacial score (nSPS) is 11.0. The average Bonchev–Trinajstić information content (AvgIpc) is 3.22. The summed E-state index contributed by atoms with van der Waals surface area (Å²) in [6.07, 6.45) is 0.768. The molecule has 0 spiro atoms. The largest absolute Gasteiger partial charge is 0.351 e.